The Morgan fingerprint density at radius 2 is 1.85 bits per heavy atom. The van der Waals surface area contributed by atoms with Crippen LogP contribution in [0, 0.1) is 0 Å². The Bertz CT molecular complexity index is 943. The summed E-state index contributed by atoms with van der Waals surface area (Å²) >= 11 is 0. The molecule has 0 atom stereocenters. The van der Waals surface area contributed by atoms with Crippen molar-refractivity contribution in [2.24, 2.45) is 0 Å². The number of piperidine rings is 1. The third-order valence-electron chi connectivity index (χ3n) is 4.51. The molecule has 0 spiro atoms. The zero-order chi connectivity index (χ0) is 18.8. The lowest BCUT2D eigenvalue weighted by Gasteiger charge is -2.30. The first-order valence-corrected chi connectivity index (χ1v) is 11.4. The average Bonchev–Trinajstić information content (AvgIpc) is 3.14. The largest absolute Gasteiger partial charge is 0.497 e. The summed E-state index contributed by atoms with van der Waals surface area (Å²) in [7, 11) is -5.59. The maximum atomic E-state index is 12.8. The van der Waals surface area contributed by atoms with Gasteiger partial charge in [0.2, 0.25) is 10.0 Å². The van der Waals surface area contributed by atoms with Crippen LogP contribution in [0.3, 0.4) is 0 Å². The Balaban J connectivity index is 1.69. The zero-order valence-electron chi connectivity index (χ0n) is 14.4. The molecule has 1 aliphatic rings. The normalized spacial score (nSPS) is 17.3. The van der Waals surface area contributed by atoms with Gasteiger partial charge in [0.1, 0.15) is 17.3 Å². The number of methoxy groups -OCH3 is 1. The predicted octanol–water partition coefficient (Wildman–Crippen LogP) is 2.06. The number of ether oxygens (including phenoxy) is 1. The summed E-state index contributed by atoms with van der Waals surface area (Å²) in [5.74, 6) is 0.700. The number of benzene rings is 1. The summed E-state index contributed by atoms with van der Waals surface area (Å²) in [5, 5.41) is -0.565. The molecule has 0 aliphatic carbocycles. The lowest BCUT2D eigenvalue weighted by atomic mass is 10.2. The van der Waals surface area contributed by atoms with Crippen molar-refractivity contribution in [1.82, 2.24) is 4.31 Å². The van der Waals surface area contributed by atoms with Crippen LogP contribution in [0.5, 0.6) is 5.75 Å². The topological polar surface area (TPSA) is 93.9 Å². The Kier molecular flexibility index (Phi) is 5.40. The van der Waals surface area contributed by atoms with E-state index in [2.05, 4.69) is 0 Å². The van der Waals surface area contributed by atoms with E-state index in [1.165, 1.54) is 29.8 Å². The first-order chi connectivity index (χ1) is 12.3. The van der Waals surface area contributed by atoms with Gasteiger partial charge in [-0.2, -0.15) is 4.31 Å². The van der Waals surface area contributed by atoms with Crippen molar-refractivity contribution in [2.75, 3.05) is 20.2 Å². The fourth-order valence-electron chi connectivity index (χ4n) is 3.05. The van der Waals surface area contributed by atoms with Crippen LogP contribution in [0.25, 0.3) is 0 Å². The van der Waals surface area contributed by atoms with Crippen LogP contribution < -0.4 is 4.74 Å². The van der Waals surface area contributed by atoms with Crippen molar-refractivity contribution in [3.8, 4) is 5.75 Å². The lowest BCUT2D eigenvalue weighted by molar-refractivity contribution is 0.344. The van der Waals surface area contributed by atoms with E-state index < -0.39 is 25.1 Å². The SMILES string of the molecule is COc1cccc(S(=O)(=O)N2CCC(S(=O)(=O)Cc3ccco3)CC2)c1. The maximum Gasteiger partial charge on any atom is 0.243 e. The molecule has 9 heteroatoms. The number of sulfonamides is 1. The van der Waals surface area contributed by atoms with Gasteiger partial charge >= 0.3 is 0 Å². The van der Waals surface area contributed by atoms with Gasteiger partial charge in [-0.3, -0.25) is 0 Å². The second-order valence-corrected chi connectivity index (χ2v) is 10.4. The molecule has 2 heterocycles. The molecule has 1 aromatic carbocycles. The van der Waals surface area contributed by atoms with Crippen molar-refractivity contribution < 1.29 is 26.0 Å². The highest BCUT2D eigenvalue weighted by atomic mass is 32.2. The van der Waals surface area contributed by atoms with Gasteiger partial charge in [-0.25, -0.2) is 16.8 Å². The van der Waals surface area contributed by atoms with Crippen molar-refractivity contribution in [3.05, 3.63) is 48.4 Å². The molecule has 142 valence electrons. The van der Waals surface area contributed by atoms with Gasteiger partial charge in [-0.1, -0.05) is 6.07 Å². The number of sulfone groups is 1. The van der Waals surface area contributed by atoms with Gasteiger partial charge in [-0.15, -0.1) is 0 Å². The standard InChI is InChI=1S/C17H21NO6S2/c1-23-14-4-2-6-17(12-14)26(21,22)18-9-7-16(8-10-18)25(19,20)13-15-5-3-11-24-15/h2-6,11-12,16H,7-10,13H2,1H3. The number of nitrogens with zero attached hydrogens (tertiary/aromatic N) is 1. The summed E-state index contributed by atoms with van der Waals surface area (Å²) in [6.07, 6.45) is 1.98. The Morgan fingerprint density at radius 3 is 2.46 bits per heavy atom. The minimum atomic E-state index is -3.67. The molecule has 1 fully saturated rings. The smallest absolute Gasteiger partial charge is 0.243 e. The van der Waals surface area contributed by atoms with Gasteiger partial charge in [-0.05, 0) is 37.1 Å². The monoisotopic (exact) mass is 399 g/mol. The maximum absolute atomic E-state index is 12.8. The van der Waals surface area contributed by atoms with Crippen molar-refractivity contribution in [3.63, 3.8) is 0 Å². The van der Waals surface area contributed by atoms with Crippen molar-refractivity contribution in [2.45, 2.75) is 28.7 Å². The van der Waals surface area contributed by atoms with Gasteiger partial charge < -0.3 is 9.15 Å². The van der Waals surface area contributed by atoms with Crippen molar-refractivity contribution >= 4 is 19.9 Å². The summed E-state index contributed by atoms with van der Waals surface area (Å²) < 4.78 is 62.1. The molecule has 2 aromatic rings. The minimum Gasteiger partial charge on any atom is -0.497 e. The predicted molar refractivity (Wildman–Crippen MR) is 96.1 cm³/mol. The van der Waals surface area contributed by atoms with Crippen LogP contribution in [0.1, 0.15) is 18.6 Å². The molecule has 1 aromatic heterocycles. The molecule has 0 N–H and O–H groups in total. The highest BCUT2D eigenvalue weighted by molar-refractivity contribution is 7.91. The molecule has 1 saturated heterocycles. The number of hydrogen-bond acceptors (Lipinski definition) is 6. The highest BCUT2D eigenvalue weighted by Crippen LogP contribution is 2.27. The Labute approximate surface area is 153 Å². The summed E-state index contributed by atoms with van der Waals surface area (Å²) in [6, 6.07) is 9.54. The fourth-order valence-corrected chi connectivity index (χ4v) is 6.28. The summed E-state index contributed by atoms with van der Waals surface area (Å²) in [4.78, 5) is 0.147. The summed E-state index contributed by atoms with van der Waals surface area (Å²) in [5.41, 5.74) is 0. The zero-order valence-corrected chi connectivity index (χ0v) is 16.0. The molecule has 0 bridgehead atoms. The second-order valence-electron chi connectivity index (χ2n) is 6.17. The molecule has 0 saturated carbocycles. The van der Waals surface area contributed by atoms with Gasteiger partial charge in [0.25, 0.3) is 0 Å². The first kappa shape index (κ1) is 18.9. The molecule has 7 nitrogen and oxygen atoms in total. The van der Waals surface area contributed by atoms with E-state index in [4.69, 9.17) is 9.15 Å². The van der Waals surface area contributed by atoms with E-state index in [1.54, 1.807) is 24.3 Å². The molecule has 0 unspecified atom stereocenters. The van der Waals surface area contributed by atoms with Crippen LogP contribution in [0.4, 0.5) is 0 Å². The van der Waals surface area contributed by atoms with E-state index in [0.717, 1.165) is 0 Å². The van der Waals surface area contributed by atoms with E-state index in [1.807, 2.05) is 0 Å². The molecule has 0 radical (unpaired) electrons. The minimum absolute atomic E-state index is 0.147. The Hall–Kier alpha value is -1.84. The van der Waals surface area contributed by atoms with Gasteiger partial charge in [0, 0.05) is 19.2 Å². The van der Waals surface area contributed by atoms with Crippen molar-refractivity contribution in [1.29, 1.82) is 0 Å². The van der Waals surface area contributed by atoms with Gasteiger partial charge in [0.05, 0.1) is 23.5 Å². The average molecular weight is 399 g/mol. The number of hydrogen-bond donors (Lipinski definition) is 0. The number of rotatable bonds is 6. The molecular weight excluding hydrogens is 378 g/mol. The van der Waals surface area contributed by atoms with Gasteiger partial charge in [0.15, 0.2) is 9.84 Å². The van der Waals surface area contributed by atoms with Crippen LogP contribution in [0.15, 0.2) is 52.0 Å². The third kappa shape index (κ3) is 3.94. The molecule has 1 aliphatic heterocycles. The molecule has 3 rings (SSSR count). The summed E-state index contributed by atoms with van der Waals surface area (Å²) in [6.45, 7) is 0.336. The van der Waals surface area contributed by atoms with E-state index in [0.29, 0.717) is 11.5 Å². The fraction of sp³-hybridized carbons (Fsp3) is 0.412. The van der Waals surface area contributed by atoms with Crippen LogP contribution in [-0.2, 0) is 25.6 Å². The number of furan rings is 1. The van der Waals surface area contributed by atoms with E-state index >= 15 is 0 Å². The molecule has 26 heavy (non-hydrogen) atoms. The molecular formula is C17H21NO6S2. The highest BCUT2D eigenvalue weighted by Gasteiger charge is 2.35. The van der Waals surface area contributed by atoms with Crippen LogP contribution >= 0.6 is 0 Å². The molecule has 0 amide bonds. The van der Waals surface area contributed by atoms with E-state index in [9.17, 15) is 16.8 Å². The third-order valence-corrected chi connectivity index (χ3v) is 8.58. The lowest BCUT2D eigenvalue weighted by Crippen LogP contribution is -2.42. The Morgan fingerprint density at radius 1 is 1.12 bits per heavy atom. The van der Waals surface area contributed by atoms with E-state index in [-0.39, 0.29) is 36.6 Å². The van der Waals surface area contributed by atoms with Crippen LogP contribution in [-0.4, -0.2) is 46.6 Å². The second kappa shape index (κ2) is 7.42. The quantitative estimate of drug-likeness (QED) is 0.738. The van der Waals surface area contributed by atoms with Crippen LogP contribution in [0.2, 0.25) is 0 Å². The first-order valence-electron chi connectivity index (χ1n) is 8.21.